The van der Waals surface area contributed by atoms with E-state index in [1.807, 2.05) is 44.2 Å². The topological polar surface area (TPSA) is 68.0 Å². The number of fused-ring (bicyclic) bond motifs is 1. The minimum Gasteiger partial charge on any atom is -0.347 e. The van der Waals surface area contributed by atoms with Gasteiger partial charge in [-0.1, -0.05) is 12.1 Å². The summed E-state index contributed by atoms with van der Waals surface area (Å²) in [6.07, 6.45) is 2.46. The summed E-state index contributed by atoms with van der Waals surface area (Å²) < 4.78 is 0. The van der Waals surface area contributed by atoms with Crippen LogP contribution in [-0.2, 0) is 0 Å². The number of rotatable bonds is 4. The highest BCUT2D eigenvalue weighted by Gasteiger charge is 2.21. The van der Waals surface area contributed by atoms with Gasteiger partial charge in [-0.3, -0.25) is 9.78 Å². The molecule has 19 heavy (non-hydrogen) atoms. The van der Waals surface area contributed by atoms with Crippen molar-refractivity contribution in [1.29, 1.82) is 0 Å². The number of hydrogen-bond acceptors (Lipinski definition) is 3. The number of nitrogens with two attached hydrogens (primary N) is 1. The van der Waals surface area contributed by atoms with Crippen molar-refractivity contribution in [1.82, 2.24) is 10.3 Å². The SMILES string of the molecule is CC(C)(CCN)NC(=O)c1cccc2ncccc12. The van der Waals surface area contributed by atoms with Crippen LogP contribution < -0.4 is 11.1 Å². The number of benzene rings is 1. The molecule has 0 aliphatic carbocycles. The third-order valence-corrected chi connectivity index (χ3v) is 3.11. The molecule has 3 N–H and O–H groups in total. The van der Waals surface area contributed by atoms with E-state index in [4.69, 9.17) is 5.73 Å². The second kappa shape index (κ2) is 5.36. The second-order valence-corrected chi connectivity index (χ2v) is 5.25. The molecule has 1 heterocycles. The van der Waals surface area contributed by atoms with Crippen LogP contribution >= 0.6 is 0 Å². The fraction of sp³-hybridized carbons (Fsp3) is 0.333. The maximum atomic E-state index is 12.4. The first-order valence-corrected chi connectivity index (χ1v) is 6.40. The molecule has 1 amide bonds. The van der Waals surface area contributed by atoms with Crippen LogP contribution in [0.2, 0.25) is 0 Å². The zero-order chi connectivity index (χ0) is 13.9. The molecule has 2 rings (SSSR count). The lowest BCUT2D eigenvalue weighted by Crippen LogP contribution is -2.44. The zero-order valence-electron chi connectivity index (χ0n) is 11.3. The summed E-state index contributed by atoms with van der Waals surface area (Å²) in [6, 6.07) is 9.31. The van der Waals surface area contributed by atoms with E-state index in [9.17, 15) is 4.79 Å². The van der Waals surface area contributed by atoms with Crippen LogP contribution in [-0.4, -0.2) is 23.0 Å². The average molecular weight is 257 g/mol. The summed E-state index contributed by atoms with van der Waals surface area (Å²) >= 11 is 0. The molecule has 0 atom stereocenters. The first-order valence-electron chi connectivity index (χ1n) is 6.40. The van der Waals surface area contributed by atoms with Crippen molar-refractivity contribution in [2.24, 2.45) is 5.73 Å². The van der Waals surface area contributed by atoms with Crippen molar-refractivity contribution in [2.45, 2.75) is 25.8 Å². The number of amides is 1. The molecule has 0 bridgehead atoms. The first kappa shape index (κ1) is 13.5. The van der Waals surface area contributed by atoms with Gasteiger partial charge in [-0.25, -0.2) is 0 Å². The molecule has 1 aromatic carbocycles. The van der Waals surface area contributed by atoms with Crippen LogP contribution in [0.25, 0.3) is 10.9 Å². The van der Waals surface area contributed by atoms with Crippen molar-refractivity contribution in [3.8, 4) is 0 Å². The molecular formula is C15H19N3O. The Morgan fingerprint density at radius 3 is 2.84 bits per heavy atom. The predicted octanol–water partition coefficient (Wildman–Crippen LogP) is 2.09. The Morgan fingerprint density at radius 2 is 2.11 bits per heavy atom. The molecule has 0 fully saturated rings. The molecular weight excluding hydrogens is 238 g/mol. The van der Waals surface area contributed by atoms with Crippen LogP contribution in [0.3, 0.4) is 0 Å². The molecule has 0 radical (unpaired) electrons. The Kier molecular flexibility index (Phi) is 3.81. The average Bonchev–Trinajstić information content (AvgIpc) is 2.37. The first-order chi connectivity index (χ1) is 9.03. The molecule has 0 saturated carbocycles. The van der Waals surface area contributed by atoms with Crippen molar-refractivity contribution in [3.05, 3.63) is 42.1 Å². The lowest BCUT2D eigenvalue weighted by atomic mass is 9.99. The van der Waals surface area contributed by atoms with E-state index in [-0.39, 0.29) is 11.4 Å². The van der Waals surface area contributed by atoms with E-state index in [0.29, 0.717) is 12.1 Å². The van der Waals surface area contributed by atoms with Crippen molar-refractivity contribution < 1.29 is 4.79 Å². The Hall–Kier alpha value is -1.94. The van der Waals surface area contributed by atoms with Gasteiger partial charge in [0, 0.05) is 22.7 Å². The van der Waals surface area contributed by atoms with Crippen LogP contribution in [0.1, 0.15) is 30.6 Å². The minimum absolute atomic E-state index is 0.0861. The zero-order valence-corrected chi connectivity index (χ0v) is 11.3. The number of aromatic nitrogens is 1. The molecule has 100 valence electrons. The number of hydrogen-bond donors (Lipinski definition) is 2. The van der Waals surface area contributed by atoms with Gasteiger partial charge >= 0.3 is 0 Å². The third kappa shape index (κ3) is 3.09. The van der Waals surface area contributed by atoms with Gasteiger partial charge in [-0.15, -0.1) is 0 Å². The van der Waals surface area contributed by atoms with Gasteiger partial charge in [0.1, 0.15) is 0 Å². The largest absolute Gasteiger partial charge is 0.347 e. The standard InChI is InChI=1S/C15H19N3O/c1-15(2,8-9-16)18-14(19)12-5-3-7-13-11(12)6-4-10-17-13/h3-7,10H,8-9,16H2,1-2H3,(H,18,19). The Bertz CT molecular complexity index is 587. The highest BCUT2D eigenvalue weighted by atomic mass is 16.1. The summed E-state index contributed by atoms with van der Waals surface area (Å²) in [5.74, 6) is -0.0861. The molecule has 2 aromatic rings. The van der Waals surface area contributed by atoms with Gasteiger partial charge in [0.15, 0.2) is 0 Å². The van der Waals surface area contributed by atoms with Gasteiger partial charge in [0.25, 0.3) is 5.91 Å². The molecule has 1 aromatic heterocycles. The maximum Gasteiger partial charge on any atom is 0.252 e. The fourth-order valence-electron chi connectivity index (χ4n) is 2.10. The van der Waals surface area contributed by atoms with Crippen LogP contribution in [0, 0.1) is 0 Å². The van der Waals surface area contributed by atoms with E-state index >= 15 is 0 Å². The third-order valence-electron chi connectivity index (χ3n) is 3.11. The smallest absolute Gasteiger partial charge is 0.252 e. The maximum absolute atomic E-state index is 12.4. The minimum atomic E-state index is -0.309. The number of pyridine rings is 1. The van der Waals surface area contributed by atoms with Gasteiger partial charge in [-0.05, 0) is 45.0 Å². The molecule has 0 aliphatic rings. The highest BCUT2D eigenvalue weighted by molar-refractivity contribution is 6.06. The number of nitrogens with zero attached hydrogens (tertiary/aromatic N) is 1. The Balaban J connectivity index is 2.32. The van der Waals surface area contributed by atoms with Crippen molar-refractivity contribution >= 4 is 16.8 Å². The lowest BCUT2D eigenvalue weighted by Gasteiger charge is -2.25. The number of nitrogens with one attached hydrogen (secondary N) is 1. The molecule has 4 heteroatoms. The van der Waals surface area contributed by atoms with Gasteiger partial charge in [0.2, 0.25) is 0 Å². The van der Waals surface area contributed by atoms with Gasteiger partial charge < -0.3 is 11.1 Å². The number of carbonyl (C=O) groups excluding carboxylic acids is 1. The van der Waals surface area contributed by atoms with E-state index in [2.05, 4.69) is 10.3 Å². The van der Waals surface area contributed by atoms with Gasteiger partial charge in [0.05, 0.1) is 5.52 Å². The molecule has 0 unspecified atom stereocenters. The second-order valence-electron chi connectivity index (χ2n) is 5.25. The van der Waals surface area contributed by atoms with Crippen LogP contribution in [0.5, 0.6) is 0 Å². The van der Waals surface area contributed by atoms with Crippen molar-refractivity contribution in [2.75, 3.05) is 6.54 Å². The number of carbonyl (C=O) groups is 1. The highest BCUT2D eigenvalue weighted by Crippen LogP contribution is 2.17. The molecule has 4 nitrogen and oxygen atoms in total. The molecule has 0 saturated heterocycles. The summed E-state index contributed by atoms with van der Waals surface area (Å²) in [5.41, 5.74) is 6.72. The lowest BCUT2D eigenvalue weighted by molar-refractivity contribution is 0.0912. The summed E-state index contributed by atoms with van der Waals surface area (Å²) in [5, 5.41) is 3.89. The summed E-state index contributed by atoms with van der Waals surface area (Å²) in [7, 11) is 0. The predicted molar refractivity (Wildman–Crippen MR) is 77.0 cm³/mol. The van der Waals surface area contributed by atoms with Gasteiger partial charge in [-0.2, -0.15) is 0 Å². The van der Waals surface area contributed by atoms with E-state index in [0.717, 1.165) is 17.3 Å². The Labute approximate surface area is 113 Å². The van der Waals surface area contributed by atoms with E-state index < -0.39 is 0 Å². The quantitative estimate of drug-likeness (QED) is 0.881. The monoisotopic (exact) mass is 257 g/mol. The summed E-state index contributed by atoms with van der Waals surface area (Å²) in [4.78, 5) is 16.6. The fourth-order valence-corrected chi connectivity index (χ4v) is 2.10. The van der Waals surface area contributed by atoms with E-state index in [1.54, 1.807) is 6.20 Å². The van der Waals surface area contributed by atoms with Crippen LogP contribution in [0.4, 0.5) is 0 Å². The van der Waals surface area contributed by atoms with Crippen LogP contribution in [0.15, 0.2) is 36.5 Å². The van der Waals surface area contributed by atoms with Crippen molar-refractivity contribution in [3.63, 3.8) is 0 Å². The Morgan fingerprint density at radius 1 is 1.32 bits per heavy atom. The molecule has 0 aliphatic heterocycles. The summed E-state index contributed by atoms with van der Waals surface area (Å²) in [6.45, 7) is 4.49. The van der Waals surface area contributed by atoms with E-state index in [1.165, 1.54) is 0 Å². The normalized spacial score (nSPS) is 11.5. The molecule has 0 spiro atoms.